The van der Waals surface area contributed by atoms with Crippen LogP contribution < -0.4 is 5.32 Å². The van der Waals surface area contributed by atoms with E-state index in [0.29, 0.717) is 23.6 Å². The third-order valence-electron chi connectivity index (χ3n) is 3.09. The van der Waals surface area contributed by atoms with Gasteiger partial charge in [0.15, 0.2) is 0 Å². The zero-order valence-electron chi connectivity index (χ0n) is 13.3. The van der Waals surface area contributed by atoms with E-state index in [4.69, 9.17) is 4.74 Å². The fourth-order valence-electron chi connectivity index (χ4n) is 1.94. The van der Waals surface area contributed by atoms with E-state index >= 15 is 0 Å². The van der Waals surface area contributed by atoms with Crippen molar-refractivity contribution in [3.8, 4) is 0 Å². The van der Waals surface area contributed by atoms with Crippen molar-refractivity contribution in [3.05, 3.63) is 65.5 Å². The number of benzene rings is 2. The average Bonchev–Trinajstić information content (AvgIpc) is 2.57. The number of thioether (sulfide) groups is 1. The lowest BCUT2D eigenvalue weighted by atomic mass is 10.2. The van der Waals surface area contributed by atoms with Gasteiger partial charge < -0.3 is 10.1 Å². The molecule has 126 valence electrons. The van der Waals surface area contributed by atoms with Crippen molar-refractivity contribution in [1.29, 1.82) is 0 Å². The second-order valence-electron chi connectivity index (χ2n) is 4.97. The Labute approximate surface area is 144 Å². The zero-order valence-corrected chi connectivity index (χ0v) is 14.1. The minimum atomic E-state index is -0.384. The molecule has 0 atom stereocenters. The maximum absolute atomic E-state index is 12.8. The molecule has 0 aromatic heterocycles. The molecule has 0 heterocycles. The van der Waals surface area contributed by atoms with Gasteiger partial charge in [-0.15, -0.1) is 11.8 Å². The largest absolute Gasteiger partial charge is 0.462 e. The molecule has 1 N–H and O–H groups in total. The zero-order chi connectivity index (χ0) is 17.4. The normalized spacial score (nSPS) is 10.2. The molecule has 0 saturated carbocycles. The van der Waals surface area contributed by atoms with Crippen molar-refractivity contribution in [2.24, 2.45) is 0 Å². The third kappa shape index (κ3) is 5.70. The number of anilines is 1. The van der Waals surface area contributed by atoms with Gasteiger partial charge in [0, 0.05) is 11.4 Å². The van der Waals surface area contributed by atoms with E-state index in [9.17, 15) is 14.0 Å². The van der Waals surface area contributed by atoms with E-state index in [1.54, 1.807) is 43.3 Å². The maximum Gasteiger partial charge on any atom is 0.338 e. The number of esters is 1. The van der Waals surface area contributed by atoms with Gasteiger partial charge >= 0.3 is 5.97 Å². The van der Waals surface area contributed by atoms with Gasteiger partial charge in [0.1, 0.15) is 5.82 Å². The standard InChI is InChI=1S/C18H18FNO3S/c1-2-23-18(22)14-5-9-16(10-6-14)20-17(21)12-24-11-13-3-7-15(19)8-4-13/h3-10H,2,11-12H2,1H3,(H,20,21). The van der Waals surface area contributed by atoms with Crippen LogP contribution in [0.25, 0.3) is 0 Å². The first-order chi connectivity index (χ1) is 11.6. The highest BCUT2D eigenvalue weighted by Crippen LogP contribution is 2.15. The number of hydrogen-bond acceptors (Lipinski definition) is 4. The van der Waals surface area contributed by atoms with E-state index in [1.807, 2.05) is 0 Å². The summed E-state index contributed by atoms with van der Waals surface area (Å²) < 4.78 is 17.7. The van der Waals surface area contributed by atoms with E-state index in [2.05, 4.69) is 5.32 Å². The molecule has 0 radical (unpaired) electrons. The molecule has 2 aromatic carbocycles. The predicted octanol–water partition coefficient (Wildman–Crippen LogP) is 3.87. The van der Waals surface area contributed by atoms with Crippen LogP contribution in [0.5, 0.6) is 0 Å². The highest BCUT2D eigenvalue weighted by atomic mass is 32.2. The first kappa shape index (κ1) is 18.0. The molecule has 0 fully saturated rings. The number of ether oxygens (including phenoxy) is 1. The van der Waals surface area contributed by atoms with Crippen LogP contribution in [0.1, 0.15) is 22.8 Å². The summed E-state index contributed by atoms with van der Waals surface area (Å²) >= 11 is 1.45. The van der Waals surface area contributed by atoms with Crippen LogP contribution in [-0.2, 0) is 15.3 Å². The SMILES string of the molecule is CCOC(=O)c1ccc(NC(=O)CSCc2ccc(F)cc2)cc1. The summed E-state index contributed by atoms with van der Waals surface area (Å²) in [4.78, 5) is 23.4. The molecule has 6 heteroatoms. The van der Waals surface area contributed by atoms with Crippen molar-refractivity contribution in [1.82, 2.24) is 0 Å². The van der Waals surface area contributed by atoms with E-state index in [0.717, 1.165) is 5.56 Å². The Kier molecular flexibility index (Phi) is 6.81. The second kappa shape index (κ2) is 9.08. The maximum atomic E-state index is 12.8. The molecule has 0 aliphatic heterocycles. The lowest BCUT2D eigenvalue weighted by molar-refractivity contribution is -0.113. The molecule has 4 nitrogen and oxygen atoms in total. The van der Waals surface area contributed by atoms with E-state index < -0.39 is 0 Å². The van der Waals surface area contributed by atoms with Crippen molar-refractivity contribution in [2.45, 2.75) is 12.7 Å². The topological polar surface area (TPSA) is 55.4 Å². The van der Waals surface area contributed by atoms with Gasteiger partial charge in [-0.05, 0) is 48.9 Å². The Balaban J connectivity index is 1.77. The molecule has 0 spiro atoms. The first-order valence-electron chi connectivity index (χ1n) is 7.47. The molecule has 24 heavy (non-hydrogen) atoms. The van der Waals surface area contributed by atoms with Crippen LogP contribution in [0.15, 0.2) is 48.5 Å². The monoisotopic (exact) mass is 347 g/mol. The summed E-state index contributed by atoms with van der Waals surface area (Å²) in [6, 6.07) is 12.8. The van der Waals surface area contributed by atoms with Gasteiger partial charge in [-0.1, -0.05) is 12.1 Å². The minimum Gasteiger partial charge on any atom is -0.462 e. The molecule has 0 unspecified atom stereocenters. The van der Waals surface area contributed by atoms with Crippen LogP contribution in [0.2, 0.25) is 0 Å². The molecule has 2 rings (SSSR count). The van der Waals surface area contributed by atoms with Gasteiger partial charge in [0.05, 0.1) is 17.9 Å². The van der Waals surface area contributed by atoms with Crippen LogP contribution in [0.3, 0.4) is 0 Å². The number of amides is 1. The Hall–Kier alpha value is -2.34. The fourth-order valence-corrected chi connectivity index (χ4v) is 2.73. The average molecular weight is 347 g/mol. The first-order valence-corrected chi connectivity index (χ1v) is 8.63. The van der Waals surface area contributed by atoms with Crippen molar-refractivity contribution < 1.29 is 18.7 Å². The molecule has 2 aromatic rings. The molecule has 0 bridgehead atoms. The molecule has 1 amide bonds. The van der Waals surface area contributed by atoms with Crippen LogP contribution in [0, 0.1) is 5.82 Å². The van der Waals surface area contributed by atoms with Gasteiger partial charge in [-0.25, -0.2) is 9.18 Å². The summed E-state index contributed by atoms with van der Waals surface area (Å²) in [7, 11) is 0. The van der Waals surface area contributed by atoms with Crippen molar-refractivity contribution in [2.75, 3.05) is 17.7 Å². The van der Waals surface area contributed by atoms with Gasteiger partial charge in [0.2, 0.25) is 5.91 Å². The number of hydrogen-bond donors (Lipinski definition) is 1. The number of carbonyl (C=O) groups excluding carboxylic acids is 2. The Morgan fingerprint density at radius 1 is 1.08 bits per heavy atom. The summed E-state index contributed by atoms with van der Waals surface area (Å²) in [5, 5.41) is 2.76. The van der Waals surface area contributed by atoms with Crippen LogP contribution in [0.4, 0.5) is 10.1 Å². The van der Waals surface area contributed by atoms with Crippen molar-refractivity contribution in [3.63, 3.8) is 0 Å². The number of carbonyl (C=O) groups is 2. The summed E-state index contributed by atoms with van der Waals surface area (Å²) in [5.41, 5.74) is 2.03. The smallest absolute Gasteiger partial charge is 0.338 e. The lowest BCUT2D eigenvalue weighted by Crippen LogP contribution is -2.14. The van der Waals surface area contributed by atoms with Crippen LogP contribution in [-0.4, -0.2) is 24.2 Å². The summed E-state index contributed by atoms with van der Waals surface area (Å²) in [5.74, 6) is 0.135. The molecular formula is C18H18FNO3S. The van der Waals surface area contributed by atoms with Gasteiger partial charge in [-0.2, -0.15) is 0 Å². The quantitative estimate of drug-likeness (QED) is 0.773. The van der Waals surface area contributed by atoms with Crippen LogP contribution >= 0.6 is 11.8 Å². The molecule has 0 aliphatic rings. The van der Waals surface area contributed by atoms with Gasteiger partial charge in [-0.3, -0.25) is 4.79 Å². The number of nitrogens with one attached hydrogen (secondary N) is 1. The summed E-state index contributed by atoms with van der Waals surface area (Å²) in [6.07, 6.45) is 0. The molecular weight excluding hydrogens is 329 g/mol. The molecule has 0 saturated heterocycles. The number of rotatable bonds is 7. The molecule has 0 aliphatic carbocycles. The Bertz CT molecular complexity index is 686. The van der Waals surface area contributed by atoms with E-state index in [1.165, 1.54) is 23.9 Å². The highest BCUT2D eigenvalue weighted by molar-refractivity contribution is 7.99. The Morgan fingerprint density at radius 3 is 2.38 bits per heavy atom. The summed E-state index contributed by atoms with van der Waals surface area (Å²) in [6.45, 7) is 2.07. The highest BCUT2D eigenvalue weighted by Gasteiger charge is 2.07. The van der Waals surface area contributed by atoms with Gasteiger partial charge in [0.25, 0.3) is 0 Å². The second-order valence-corrected chi connectivity index (χ2v) is 5.95. The van der Waals surface area contributed by atoms with E-state index in [-0.39, 0.29) is 23.4 Å². The third-order valence-corrected chi connectivity index (χ3v) is 4.10. The lowest BCUT2D eigenvalue weighted by Gasteiger charge is -2.07. The predicted molar refractivity (Wildman–Crippen MR) is 93.6 cm³/mol. The Morgan fingerprint density at radius 2 is 1.75 bits per heavy atom. The minimum absolute atomic E-state index is 0.133. The van der Waals surface area contributed by atoms with Crippen molar-refractivity contribution >= 4 is 29.3 Å². The fraction of sp³-hybridized carbons (Fsp3) is 0.222. The number of halogens is 1.